The van der Waals surface area contributed by atoms with Crippen LogP contribution in [0, 0.1) is 3.57 Å². The number of phenolic OH excluding ortho intramolecular Hbond substituents is 2. The Bertz CT molecular complexity index is 2090. The van der Waals surface area contributed by atoms with E-state index in [9.17, 15) is 50.5 Å². The number of phenols is 2. The van der Waals surface area contributed by atoms with Crippen molar-refractivity contribution in [3.63, 3.8) is 0 Å². The molecule has 42 heavy (non-hydrogen) atoms. The van der Waals surface area contributed by atoms with Gasteiger partial charge in [0.05, 0.1) is 16.4 Å². The van der Waals surface area contributed by atoms with E-state index >= 15 is 0 Å². The van der Waals surface area contributed by atoms with E-state index in [1.807, 2.05) is 22.6 Å². The third-order valence-electron chi connectivity index (χ3n) is 5.41. The van der Waals surface area contributed by atoms with E-state index in [1.165, 1.54) is 18.2 Å². The second kappa shape index (κ2) is 11.5. The van der Waals surface area contributed by atoms with Gasteiger partial charge in [-0.15, -0.1) is 15.3 Å². The van der Waals surface area contributed by atoms with Crippen molar-refractivity contribution < 1.29 is 50.5 Å². The molecule has 0 unspecified atom stereocenters. The molecule has 6 N–H and O–H groups in total. The van der Waals surface area contributed by atoms with E-state index in [2.05, 4.69) is 20.5 Å². The van der Waals surface area contributed by atoms with Gasteiger partial charge in [0.25, 0.3) is 20.2 Å². The van der Waals surface area contributed by atoms with Crippen molar-refractivity contribution in [2.75, 3.05) is 0 Å². The van der Waals surface area contributed by atoms with Gasteiger partial charge in [0.15, 0.2) is 11.5 Å². The average molecular weight is 769 g/mol. The largest absolute Gasteiger partial charge is 0.505 e. The third-order valence-corrected chi connectivity index (χ3v) is 9.08. The molecule has 0 aliphatic rings. The van der Waals surface area contributed by atoms with E-state index < -0.39 is 82.3 Å². The molecule has 20 heteroatoms. The van der Waals surface area contributed by atoms with Gasteiger partial charge in [0, 0.05) is 8.59 Å². The number of halogens is 2. The molecule has 4 aromatic rings. The third kappa shape index (κ3) is 6.77. The van der Waals surface area contributed by atoms with E-state index in [-0.39, 0.29) is 10.7 Å². The zero-order valence-corrected chi connectivity index (χ0v) is 25.7. The van der Waals surface area contributed by atoms with Gasteiger partial charge in [-0.2, -0.15) is 21.9 Å². The summed E-state index contributed by atoms with van der Waals surface area (Å²) in [4.78, 5) is 17.1. The van der Waals surface area contributed by atoms with Crippen molar-refractivity contribution in [2.24, 2.45) is 20.5 Å². The summed E-state index contributed by atoms with van der Waals surface area (Å²) in [7, 11) is -15.4. The molecule has 0 amide bonds. The molecular formula is C22H15ClIN4O11PS2. The summed E-state index contributed by atoms with van der Waals surface area (Å²) >= 11 is 7.82. The molecule has 0 spiro atoms. The first-order valence-electron chi connectivity index (χ1n) is 10.8. The monoisotopic (exact) mass is 768 g/mol. The SMILES string of the molecule is O=P(O)(O)c1cc(Cl)ccc1N=Nc1c(S(=O)(=O)O)cc2cc(S(=O)(=O)O)c(N=Nc3ccc(I)cc3)c(O)c2c1O. The minimum Gasteiger partial charge on any atom is -0.505 e. The molecule has 0 aromatic heterocycles. The maximum absolute atomic E-state index is 12.2. The van der Waals surface area contributed by atoms with Crippen LogP contribution in [0.5, 0.6) is 11.5 Å². The van der Waals surface area contributed by atoms with Crippen molar-refractivity contribution in [1.82, 2.24) is 0 Å². The van der Waals surface area contributed by atoms with Gasteiger partial charge in [-0.25, -0.2) is 0 Å². The quantitative estimate of drug-likeness (QED) is 0.0581. The molecule has 0 heterocycles. The maximum Gasteiger partial charge on any atom is 0.358 e. The fourth-order valence-electron chi connectivity index (χ4n) is 3.58. The molecule has 0 bridgehead atoms. The number of rotatable bonds is 7. The van der Waals surface area contributed by atoms with Gasteiger partial charge in [0.1, 0.15) is 26.9 Å². The first kappa shape index (κ1) is 31.9. The summed E-state index contributed by atoms with van der Waals surface area (Å²) in [5, 5.41) is 34.7. The second-order valence-electron chi connectivity index (χ2n) is 8.25. The lowest BCUT2D eigenvalue weighted by Gasteiger charge is -2.13. The van der Waals surface area contributed by atoms with E-state index in [1.54, 1.807) is 12.1 Å². The highest BCUT2D eigenvalue weighted by Crippen LogP contribution is 2.50. The average Bonchev–Trinajstić information content (AvgIpc) is 2.87. The summed E-state index contributed by atoms with van der Waals surface area (Å²) in [6.45, 7) is 0. The fraction of sp³-hybridized carbons (Fsp3) is 0. The van der Waals surface area contributed by atoms with Gasteiger partial charge in [-0.1, -0.05) is 11.6 Å². The Labute approximate surface area is 255 Å². The highest BCUT2D eigenvalue weighted by Gasteiger charge is 2.29. The normalized spacial score (nSPS) is 13.0. The molecular weight excluding hydrogens is 754 g/mol. The molecule has 0 fully saturated rings. The van der Waals surface area contributed by atoms with Crippen LogP contribution >= 0.6 is 41.8 Å². The van der Waals surface area contributed by atoms with Crippen LogP contribution in [0.4, 0.5) is 22.7 Å². The molecule has 0 saturated carbocycles. The van der Waals surface area contributed by atoms with Crippen LogP contribution in [0.15, 0.2) is 84.8 Å². The van der Waals surface area contributed by atoms with Gasteiger partial charge >= 0.3 is 7.60 Å². The standard InChI is InChI=1S/C22H15ClIN4O11PS2/c23-11-1-6-14(15(9-11)40(31,32)33)26-28-20-17(42(37,38)39)8-10-7-16(41(34,35)36)19(21(29)18(10)22(20)30)27-25-13-4-2-12(24)3-5-13/h1-9,29-30H,(H2,31,32,33)(H,34,35,36)(H,37,38,39). The summed E-state index contributed by atoms with van der Waals surface area (Å²) in [6.07, 6.45) is 0. The lowest BCUT2D eigenvalue weighted by atomic mass is 10.1. The highest BCUT2D eigenvalue weighted by molar-refractivity contribution is 14.1. The number of azo groups is 2. The Hall–Kier alpha value is -3.07. The smallest absolute Gasteiger partial charge is 0.358 e. The molecule has 0 atom stereocenters. The number of nitrogens with zero attached hydrogens (tertiary/aromatic N) is 4. The first-order valence-corrected chi connectivity index (χ1v) is 16.8. The Morgan fingerprint density at radius 2 is 1.24 bits per heavy atom. The van der Waals surface area contributed by atoms with Crippen molar-refractivity contribution in [3.05, 3.63) is 63.2 Å². The summed E-state index contributed by atoms with van der Waals surface area (Å²) in [5.74, 6) is -2.26. The van der Waals surface area contributed by atoms with Crippen molar-refractivity contribution in [2.45, 2.75) is 9.79 Å². The fourth-order valence-corrected chi connectivity index (χ4v) is 6.23. The molecule has 0 radical (unpaired) electrons. The number of aromatic hydroxyl groups is 2. The summed E-state index contributed by atoms with van der Waals surface area (Å²) in [5.41, 5.74) is -2.14. The van der Waals surface area contributed by atoms with Crippen molar-refractivity contribution in [3.8, 4) is 11.5 Å². The van der Waals surface area contributed by atoms with E-state index in [0.29, 0.717) is 12.1 Å². The van der Waals surface area contributed by atoms with Gasteiger partial charge in [0.2, 0.25) is 0 Å². The molecule has 15 nitrogen and oxygen atoms in total. The Balaban J connectivity index is 2.04. The Kier molecular flexibility index (Phi) is 8.76. The molecule has 0 aliphatic heterocycles. The lowest BCUT2D eigenvalue weighted by Crippen LogP contribution is -2.04. The number of hydrogen-bond acceptors (Lipinski definition) is 11. The minimum atomic E-state index is -5.24. The van der Waals surface area contributed by atoms with Crippen LogP contribution in [0.3, 0.4) is 0 Å². The predicted molar refractivity (Wildman–Crippen MR) is 158 cm³/mol. The van der Waals surface area contributed by atoms with Crippen LogP contribution in [0.2, 0.25) is 5.02 Å². The van der Waals surface area contributed by atoms with Gasteiger partial charge in [-0.3, -0.25) is 13.7 Å². The molecule has 4 aromatic carbocycles. The van der Waals surface area contributed by atoms with Crippen LogP contribution in [0.1, 0.15) is 0 Å². The molecule has 0 aliphatic carbocycles. The van der Waals surface area contributed by atoms with Crippen molar-refractivity contribution >= 4 is 101 Å². The lowest BCUT2D eigenvalue weighted by molar-refractivity contribution is 0.387. The summed E-state index contributed by atoms with van der Waals surface area (Å²) < 4.78 is 81.0. The maximum atomic E-state index is 12.2. The molecule has 220 valence electrons. The first-order chi connectivity index (χ1) is 19.4. The number of benzene rings is 4. The molecule has 0 saturated heterocycles. The molecule has 4 rings (SSSR count). The van der Waals surface area contributed by atoms with E-state index in [4.69, 9.17) is 11.6 Å². The van der Waals surface area contributed by atoms with Crippen LogP contribution in [0.25, 0.3) is 10.8 Å². The Morgan fingerprint density at radius 1 is 0.738 bits per heavy atom. The van der Waals surface area contributed by atoms with Crippen LogP contribution in [-0.4, -0.2) is 45.9 Å². The second-order valence-corrected chi connectivity index (χ2v) is 14.3. The number of hydrogen-bond donors (Lipinski definition) is 6. The Morgan fingerprint density at radius 3 is 1.71 bits per heavy atom. The van der Waals surface area contributed by atoms with E-state index in [0.717, 1.165) is 15.7 Å². The topological polar surface area (TPSA) is 256 Å². The minimum absolute atomic E-state index is 0.0778. The zero-order valence-electron chi connectivity index (χ0n) is 20.2. The number of fused-ring (bicyclic) bond motifs is 1. The van der Waals surface area contributed by atoms with Crippen LogP contribution < -0.4 is 5.30 Å². The highest BCUT2D eigenvalue weighted by atomic mass is 127. The van der Waals surface area contributed by atoms with Gasteiger partial charge in [-0.05, 0) is 82.6 Å². The zero-order chi connectivity index (χ0) is 31.2. The summed E-state index contributed by atoms with van der Waals surface area (Å²) in [6, 6.07) is 10.7. The van der Waals surface area contributed by atoms with Gasteiger partial charge < -0.3 is 20.0 Å². The van der Waals surface area contributed by atoms with Crippen LogP contribution in [-0.2, 0) is 24.8 Å². The van der Waals surface area contributed by atoms with Crippen molar-refractivity contribution in [1.29, 1.82) is 0 Å². The predicted octanol–water partition coefficient (Wildman–Crippen LogP) is 5.64.